The van der Waals surface area contributed by atoms with Crippen LogP contribution in [0.25, 0.3) is 10.9 Å². The first-order chi connectivity index (χ1) is 9.74. The predicted octanol–water partition coefficient (Wildman–Crippen LogP) is 2.31. The van der Waals surface area contributed by atoms with E-state index in [-0.39, 0.29) is 12.0 Å². The molecular formula is C15H18ClN3O2. The Morgan fingerprint density at radius 2 is 2.05 bits per heavy atom. The monoisotopic (exact) mass is 307 g/mol. The van der Waals surface area contributed by atoms with Gasteiger partial charge in [0.25, 0.3) is 5.56 Å². The molecule has 0 aliphatic carbocycles. The number of hydrogen-bond donors (Lipinski definition) is 1. The number of carbonyl (C=O) groups is 1. The fourth-order valence-electron chi connectivity index (χ4n) is 2.51. The molecule has 6 heteroatoms. The number of rotatable bonds is 4. The first-order valence-electron chi connectivity index (χ1n) is 6.68. The van der Waals surface area contributed by atoms with Crippen molar-refractivity contribution >= 4 is 28.4 Å². The van der Waals surface area contributed by atoms with Crippen LogP contribution in [-0.4, -0.2) is 15.5 Å². The number of alkyl halides is 1. The molecule has 1 atom stereocenters. The van der Waals surface area contributed by atoms with Crippen LogP contribution < -0.4 is 11.3 Å². The van der Waals surface area contributed by atoms with Gasteiger partial charge in [-0.2, -0.15) is 0 Å². The summed E-state index contributed by atoms with van der Waals surface area (Å²) in [5.41, 5.74) is 4.88. The van der Waals surface area contributed by atoms with E-state index in [1.807, 2.05) is 6.07 Å². The summed E-state index contributed by atoms with van der Waals surface area (Å²) < 4.78 is 1.48. The summed E-state index contributed by atoms with van der Waals surface area (Å²) in [4.78, 5) is 28.6. The summed E-state index contributed by atoms with van der Waals surface area (Å²) in [6.07, 6.45) is 0.0313. The van der Waals surface area contributed by atoms with Crippen LogP contribution in [0, 0.1) is 0 Å². The lowest BCUT2D eigenvalue weighted by atomic mass is 9.98. The summed E-state index contributed by atoms with van der Waals surface area (Å²) in [6, 6.07) is 7.08. The van der Waals surface area contributed by atoms with Gasteiger partial charge in [0.15, 0.2) is 0 Å². The molecule has 0 fully saturated rings. The largest absolute Gasteiger partial charge is 0.370 e. The highest BCUT2D eigenvalue weighted by molar-refractivity contribution is 6.20. The first-order valence-corrected chi connectivity index (χ1v) is 7.12. The normalized spacial score (nSPS) is 13.3. The fourth-order valence-corrected chi connectivity index (χ4v) is 2.65. The van der Waals surface area contributed by atoms with E-state index in [1.165, 1.54) is 4.57 Å². The average Bonchev–Trinajstić information content (AvgIpc) is 2.36. The lowest BCUT2D eigenvalue weighted by molar-refractivity contribution is -0.119. The van der Waals surface area contributed by atoms with Gasteiger partial charge < -0.3 is 5.73 Å². The minimum Gasteiger partial charge on any atom is -0.370 e. The molecule has 1 aromatic carbocycles. The lowest BCUT2D eigenvalue weighted by Crippen LogP contribution is -2.42. The summed E-state index contributed by atoms with van der Waals surface area (Å²) >= 11 is 6.18. The molecule has 112 valence electrons. The number of carbonyl (C=O) groups excluding carboxylic acids is 1. The Morgan fingerprint density at radius 3 is 2.62 bits per heavy atom. The molecule has 21 heavy (non-hydrogen) atoms. The molecule has 2 N–H and O–H groups in total. The molecule has 1 amide bonds. The number of halogens is 1. The Morgan fingerprint density at radius 1 is 1.43 bits per heavy atom. The van der Waals surface area contributed by atoms with Gasteiger partial charge in [0.2, 0.25) is 5.91 Å². The lowest BCUT2D eigenvalue weighted by Gasteiger charge is -2.29. The summed E-state index contributed by atoms with van der Waals surface area (Å²) in [6.45, 7) is 5.30. The van der Waals surface area contributed by atoms with Crippen molar-refractivity contribution in [2.24, 2.45) is 5.73 Å². The van der Waals surface area contributed by atoms with Crippen molar-refractivity contribution < 1.29 is 4.79 Å². The zero-order valence-electron chi connectivity index (χ0n) is 12.3. The van der Waals surface area contributed by atoms with Crippen molar-refractivity contribution in [3.8, 4) is 0 Å². The number of nitrogens with zero attached hydrogens (tertiary/aromatic N) is 2. The van der Waals surface area contributed by atoms with Gasteiger partial charge in [0, 0.05) is 6.42 Å². The topological polar surface area (TPSA) is 78.0 Å². The highest BCUT2D eigenvalue weighted by Gasteiger charge is 2.29. The molecule has 0 spiro atoms. The summed E-state index contributed by atoms with van der Waals surface area (Å²) in [5, 5.41) is 0.0329. The van der Waals surface area contributed by atoms with Crippen LogP contribution in [0.15, 0.2) is 29.1 Å². The van der Waals surface area contributed by atoms with Crippen LogP contribution in [0.2, 0.25) is 0 Å². The fraction of sp³-hybridized carbons (Fsp3) is 0.400. The van der Waals surface area contributed by atoms with Crippen LogP contribution in [0.3, 0.4) is 0 Å². The van der Waals surface area contributed by atoms with Crippen molar-refractivity contribution in [1.82, 2.24) is 9.55 Å². The highest BCUT2D eigenvalue weighted by Crippen LogP contribution is 2.26. The molecule has 1 heterocycles. The molecule has 1 aromatic heterocycles. The number of fused-ring (bicyclic) bond motifs is 1. The van der Waals surface area contributed by atoms with Crippen molar-refractivity contribution in [1.29, 1.82) is 0 Å². The van der Waals surface area contributed by atoms with E-state index in [1.54, 1.807) is 39.0 Å². The number of para-hydroxylation sites is 1. The number of nitrogens with two attached hydrogens (primary N) is 1. The third-order valence-corrected chi connectivity index (χ3v) is 3.56. The van der Waals surface area contributed by atoms with E-state index in [0.29, 0.717) is 16.7 Å². The zero-order chi connectivity index (χ0) is 15.8. The van der Waals surface area contributed by atoms with E-state index in [0.717, 1.165) is 0 Å². The Balaban J connectivity index is 2.82. The number of primary amides is 1. The van der Waals surface area contributed by atoms with Gasteiger partial charge in [0.1, 0.15) is 5.82 Å². The maximum Gasteiger partial charge on any atom is 0.261 e. The van der Waals surface area contributed by atoms with Gasteiger partial charge in [-0.15, -0.1) is 11.6 Å². The van der Waals surface area contributed by atoms with Crippen molar-refractivity contribution in [2.45, 2.75) is 38.1 Å². The first kappa shape index (κ1) is 15.5. The maximum absolute atomic E-state index is 12.8. The minimum atomic E-state index is -0.793. The van der Waals surface area contributed by atoms with Crippen LogP contribution in [-0.2, 0) is 10.3 Å². The third-order valence-electron chi connectivity index (χ3n) is 3.37. The van der Waals surface area contributed by atoms with E-state index in [4.69, 9.17) is 17.3 Å². The second-order valence-electron chi connectivity index (χ2n) is 5.70. The molecule has 5 nitrogen and oxygen atoms in total. The second-order valence-corrected chi connectivity index (χ2v) is 6.35. The van der Waals surface area contributed by atoms with Gasteiger partial charge in [-0.3, -0.25) is 14.2 Å². The van der Waals surface area contributed by atoms with Crippen LogP contribution >= 0.6 is 11.6 Å². The van der Waals surface area contributed by atoms with E-state index >= 15 is 0 Å². The molecule has 0 radical (unpaired) electrons. The molecule has 0 bridgehead atoms. The zero-order valence-corrected chi connectivity index (χ0v) is 13.0. The second kappa shape index (κ2) is 5.48. The molecule has 1 unspecified atom stereocenters. The summed E-state index contributed by atoms with van der Waals surface area (Å²) in [7, 11) is 0. The smallest absolute Gasteiger partial charge is 0.261 e. The maximum atomic E-state index is 12.8. The average molecular weight is 308 g/mol. The van der Waals surface area contributed by atoms with Gasteiger partial charge >= 0.3 is 0 Å². The van der Waals surface area contributed by atoms with Gasteiger partial charge in [-0.1, -0.05) is 12.1 Å². The highest BCUT2D eigenvalue weighted by atomic mass is 35.5. The predicted molar refractivity (Wildman–Crippen MR) is 83.4 cm³/mol. The number of hydrogen-bond acceptors (Lipinski definition) is 3. The molecule has 0 saturated heterocycles. The van der Waals surface area contributed by atoms with Crippen molar-refractivity contribution in [3.05, 3.63) is 40.4 Å². The Bertz CT molecular complexity index is 750. The van der Waals surface area contributed by atoms with E-state index < -0.39 is 16.8 Å². The number of amides is 1. The molecule has 2 aromatic rings. The SMILES string of the molecule is CC(Cl)c1nc2ccccc2c(=O)n1C(C)(C)CC(N)=O. The molecule has 0 aliphatic rings. The van der Waals surface area contributed by atoms with Crippen LogP contribution in [0.1, 0.15) is 38.4 Å². The van der Waals surface area contributed by atoms with Crippen LogP contribution in [0.4, 0.5) is 0 Å². The number of benzene rings is 1. The molecular weight excluding hydrogens is 290 g/mol. The minimum absolute atomic E-state index is 0.0313. The van der Waals surface area contributed by atoms with Crippen molar-refractivity contribution in [3.63, 3.8) is 0 Å². The molecule has 0 aliphatic heterocycles. The molecule has 0 saturated carbocycles. The third kappa shape index (κ3) is 2.93. The number of aromatic nitrogens is 2. The quantitative estimate of drug-likeness (QED) is 0.880. The van der Waals surface area contributed by atoms with E-state index in [2.05, 4.69) is 4.98 Å². The van der Waals surface area contributed by atoms with Gasteiger partial charge in [-0.05, 0) is 32.9 Å². The van der Waals surface area contributed by atoms with Crippen molar-refractivity contribution in [2.75, 3.05) is 0 Å². The van der Waals surface area contributed by atoms with Gasteiger partial charge in [0.05, 0.1) is 21.8 Å². The molecule has 2 rings (SSSR count). The Labute approximate surface area is 127 Å². The Kier molecular flexibility index (Phi) is 4.05. The summed E-state index contributed by atoms with van der Waals surface area (Å²) in [5.74, 6) is -0.0418. The van der Waals surface area contributed by atoms with E-state index in [9.17, 15) is 9.59 Å². The standard InChI is InChI=1S/C15H18ClN3O2/c1-9(16)13-18-11-7-5-4-6-10(11)14(21)19(13)15(2,3)8-12(17)20/h4-7,9H,8H2,1-3H3,(H2,17,20). The Hall–Kier alpha value is -1.88. The van der Waals surface area contributed by atoms with Crippen LogP contribution in [0.5, 0.6) is 0 Å². The van der Waals surface area contributed by atoms with Gasteiger partial charge in [-0.25, -0.2) is 4.98 Å².